The molecule has 4 nitrogen and oxygen atoms in total. The van der Waals surface area contributed by atoms with Gasteiger partial charge in [-0.15, -0.1) is 0 Å². The fourth-order valence-corrected chi connectivity index (χ4v) is 3.14. The van der Waals surface area contributed by atoms with E-state index in [1.165, 1.54) is 0 Å². The average Bonchev–Trinajstić information content (AvgIpc) is 2.54. The van der Waals surface area contributed by atoms with Crippen LogP contribution in [0.2, 0.25) is 5.02 Å². The Morgan fingerprint density at radius 2 is 1.83 bits per heavy atom. The van der Waals surface area contributed by atoms with Gasteiger partial charge in [0.15, 0.2) is 0 Å². The molecule has 24 heavy (non-hydrogen) atoms. The van der Waals surface area contributed by atoms with Crippen LogP contribution in [-0.2, 0) is 11.2 Å². The number of nitrogens with one attached hydrogen (secondary N) is 1. The molecule has 2 rings (SSSR count). The van der Waals surface area contributed by atoms with E-state index in [2.05, 4.69) is 21.2 Å². The first kappa shape index (κ1) is 18.6. The molecule has 0 bridgehead atoms. The van der Waals surface area contributed by atoms with Crippen molar-refractivity contribution >= 4 is 33.4 Å². The molecular weight excluding hydrogens is 394 g/mol. The van der Waals surface area contributed by atoms with Gasteiger partial charge in [0, 0.05) is 10.6 Å². The van der Waals surface area contributed by atoms with E-state index in [1.807, 2.05) is 25.1 Å². The van der Waals surface area contributed by atoms with Gasteiger partial charge in [-0.3, -0.25) is 4.79 Å². The number of halogens is 2. The van der Waals surface area contributed by atoms with Crippen LogP contribution in [0.4, 0.5) is 0 Å². The summed E-state index contributed by atoms with van der Waals surface area (Å²) >= 11 is 9.45. The second kappa shape index (κ2) is 8.40. The summed E-state index contributed by atoms with van der Waals surface area (Å²) in [5.41, 5.74) is 1.74. The Morgan fingerprint density at radius 1 is 1.17 bits per heavy atom. The smallest absolute Gasteiger partial charge is 0.225 e. The molecule has 1 atom stereocenters. The minimum Gasteiger partial charge on any atom is -0.496 e. The van der Waals surface area contributed by atoms with Crippen molar-refractivity contribution in [2.24, 2.45) is 0 Å². The third kappa shape index (κ3) is 4.65. The van der Waals surface area contributed by atoms with Gasteiger partial charge in [0.1, 0.15) is 11.5 Å². The van der Waals surface area contributed by atoms with Crippen molar-refractivity contribution in [3.63, 3.8) is 0 Å². The number of carbonyl (C=O) groups excluding carboxylic acids is 1. The van der Waals surface area contributed by atoms with E-state index < -0.39 is 0 Å². The van der Waals surface area contributed by atoms with Gasteiger partial charge >= 0.3 is 0 Å². The van der Waals surface area contributed by atoms with Gasteiger partial charge in [-0.25, -0.2) is 0 Å². The van der Waals surface area contributed by atoms with E-state index >= 15 is 0 Å². The number of ether oxygens (including phenoxy) is 2. The minimum absolute atomic E-state index is 0.102. The van der Waals surface area contributed by atoms with E-state index in [0.717, 1.165) is 21.3 Å². The van der Waals surface area contributed by atoms with Crippen molar-refractivity contribution in [1.29, 1.82) is 0 Å². The molecule has 0 radical (unpaired) electrons. The first-order valence-corrected chi connectivity index (χ1v) is 8.57. The summed E-state index contributed by atoms with van der Waals surface area (Å²) in [4.78, 5) is 12.3. The van der Waals surface area contributed by atoms with Crippen molar-refractivity contribution in [2.45, 2.75) is 19.4 Å². The maximum Gasteiger partial charge on any atom is 0.225 e. The molecule has 0 heterocycles. The number of rotatable bonds is 6. The highest BCUT2D eigenvalue weighted by Crippen LogP contribution is 2.28. The molecule has 128 valence electrons. The molecule has 1 amide bonds. The second-order valence-corrected chi connectivity index (χ2v) is 6.61. The molecule has 0 fully saturated rings. The molecule has 0 unspecified atom stereocenters. The van der Waals surface area contributed by atoms with Crippen molar-refractivity contribution in [2.75, 3.05) is 14.2 Å². The quantitative estimate of drug-likeness (QED) is 0.758. The summed E-state index contributed by atoms with van der Waals surface area (Å²) in [5, 5.41) is 3.56. The van der Waals surface area contributed by atoms with Crippen molar-refractivity contribution in [3.8, 4) is 11.5 Å². The maximum atomic E-state index is 12.3. The molecule has 2 aromatic carbocycles. The van der Waals surface area contributed by atoms with Crippen LogP contribution < -0.4 is 14.8 Å². The average molecular weight is 413 g/mol. The van der Waals surface area contributed by atoms with E-state index in [0.29, 0.717) is 10.8 Å². The van der Waals surface area contributed by atoms with Crippen molar-refractivity contribution in [1.82, 2.24) is 5.32 Å². The topological polar surface area (TPSA) is 47.6 Å². The van der Waals surface area contributed by atoms with Gasteiger partial charge in [-0.2, -0.15) is 0 Å². The largest absolute Gasteiger partial charge is 0.496 e. The number of benzene rings is 2. The van der Waals surface area contributed by atoms with Gasteiger partial charge in [-0.05, 0) is 58.7 Å². The highest BCUT2D eigenvalue weighted by atomic mass is 79.9. The molecular formula is C18H19BrClNO3. The lowest BCUT2D eigenvalue weighted by Gasteiger charge is -2.16. The first-order valence-electron chi connectivity index (χ1n) is 7.39. The number of amides is 1. The fourth-order valence-electron chi connectivity index (χ4n) is 2.39. The summed E-state index contributed by atoms with van der Waals surface area (Å²) in [5.74, 6) is 1.30. The highest BCUT2D eigenvalue weighted by Gasteiger charge is 2.14. The second-order valence-electron chi connectivity index (χ2n) is 5.32. The summed E-state index contributed by atoms with van der Waals surface area (Å²) in [6, 6.07) is 10.8. The van der Waals surface area contributed by atoms with Crippen LogP contribution >= 0.6 is 27.5 Å². The molecule has 0 aromatic heterocycles. The minimum atomic E-state index is -0.134. The van der Waals surface area contributed by atoms with Gasteiger partial charge in [0.05, 0.1) is 31.2 Å². The standard InChI is InChI=1S/C18H19BrClNO3/c1-11(12-4-6-17(24-3)15(19)9-12)21-18(22)10-13-8-14(20)5-7-16(13)23-2/h4-9,11H,10H2,1-3H3,(H,21,22)/t11-/m1/s1. The zero-order valence-corrected chi connectivity index (χ0v) is 16.1. The predicted molar refractivity (Wildman–Crippen MR) is 99.0 cm³/mol. The zero-order chi connectivity index (χ0) is 17.7. The Labute approximate surface area is 155 Å². The van der Waals surface area contributed by atoms with Crippen LogP contribution in [0, 0.1) is 0 Å². The number of carbonyl (C=O) groups is 1. The molecule has 0 saturated carbocycles. The third-order valence-electron chi connectivity index (χ3n) is 3.65. The van der Waals surface area contributed by atoms with Gasteiger partial charge in [0.2, 0.25) is 5.91 Å². The Bertz CT molecular complexity index is 736. The van der Waals surface area contributed by atoms with Crippen molar-refractivity contribution < 1.29 is 14.3 Å². The van der Waals surface area contributed by atoms with Crippen molar-refractivity contribution in [3.05, 3.63) is 57.0 Å². The van der Waals surface area contributed by atoms with Crippen LogP contribution in [0.3, 0.4) is 0 Å². The highest BCUT2D eigenvalue weighted by molar-refractivity contribution is 9.10. The lowest BCUT2D eigenvalue weighted by Crippen LogP contribution is -2.28. The Balaban J connectivity index is 2.07. The molecule has 0 spiro atoms. The van der Waals surface area contributed by atoms with Crippen LogP contribution in [0.15, 0.2) is 40.9 Å². The van der Waals surface area contributed by atoms with Crippen LogP contribution in [-0.4, -0.2) is 20.1 Å². The first-order chi connectivity index (χ1) is 11.4. The van der Waals surface area contributed by atoms with E-state index in [1.54, 1.807) is 32.4 Å². The molecule has 0 aliphatic heterocycles. The molecule has 1 N–H and O–H groups in total. The molecule has 6 heteroatoms. The SMILES string of the molecule is COc1ccc([C@@H](C)NC(=O)Cc2cc(Cl)ccc2OC)cc1Br. The normalized spacial score (nSPS) is 11.7. The number of hydrogen-bond donors (Lipinski definition) is 1. The molecule has 0 aliphatic carbocycles. The Hall–Kier alpha value is -1.72. The van der Waals surface area contributed by atoms with E-state index in [4.69, 9.17) is 21.1 Å². The van der Waals surface area contributed by atoms with Crippen LogP contribution in [0.25, 0.3) is 0 Å². The van der Waals surface area contributed by atoms with Crippen LogP contribution in [0.5, 0.6) is 11.5 Å². The van der Waals surface area contributed by atoms with Gasteiger partial charge in [-0.1, -0.05) is 17.7 Å². The lowest BCUT2D eigenvalue weighted by molar-refractivity contribution is -0.121. The Kier molecular flexibility index (Phi) is 6.52. The summed E-state index contributed by atoms with van der Waals surface area (Å²) in [6.07, 6.45) is 0.200. The molecule has 2 aromatic rings. The fraction of sp³-hybridized carbons (Fsp3) is 0.278. The third-order valence-corrected chi connectivity index (χ3v) is 4.50. The predicted octanol–water partition coefficient (Wildman–Crippen LogP) is 4.54. The maximum absolute atomic E-state index is 12.3. The monoisotopic (exact) mass is 411 g/mol. The van der Waals surface area contributed by atoms with Gasteiger partial charge in [0.25, 0.3) is 0 Å². The number of methoxy groups -OCH3 is 2. The number of hydrogen-bond acceptors (Lipinski definition) is 3. The van der Waals surface area contributed by atoms with Gasteiger partial charge < -0.3 is 14.8 Å². The zero-order valence-electron chi connectivity index (χ0n) is 13.7. The Morgan fingerprint density at radius 3 is 2.46 bits per heavy atom. The summed E-state index contributed by atoms with van der Waals surface area (Å²) in [7, 11) is 3.19. The summed E-state index contributed by atoms with van der Waals surface area (Å²) < 4.78 is 11.3. The molecule has 0 aliphatic rings. The molecule has 0 saturated heterocycles. The van der Waals surface area contributed by atoms with E-state index in [9.17, 15) is 4.79 Å². The van der Waals surface area contributed by atoms with Crippen LogP contribution in [0.1, 0.15) is 24.1 Å². The summed E-state index contributed by atoms with van der Waals surface area (Å²) in [6.45, 7) is 1.93. The lowest BCUT2D eigenvalue weighted by atomic mass is 10.1. The van der Waals surface area contributed by atoms with E-state index in [-0.39, 0.29) is 18.4 Å².